The van der Waals surface area contributed by atoms with E-state index in [1.165, 1.54) is 12.3 Å². The van der Waals surface area contributed by atoms with Gasteiger partial charge in [0, 0.05) is 11.2 Å². The molecule has 2 aromatic heterocycles. The zero-order chi connectivity index (χ0) is 14.1. The van der Waals surface area contributed by atoms with Crippen molar-refractivity contribution in [2.75, 3.05) is 5.32 Å². The third-order valence-electron chi connectivity index (χ3n) is 2.57. The second-order valence-corrected chi connectivity index (χ2v) is 5.24. The molecule has 0 saturated heterocycles. The molecule has 0 aliphatic carbocycles. The lowest BCUT2D eigenvalue weighted by Crippen LogP contribution is -2.14. The first kappa shape index (κ1) is 13.2. The van der Waals surface area contributed by atoms with Gasteiger partial charge in [-0.1, -0.05) is 23.2 Å². The molecule has 0 unspecified atom stereocenters. The van der Waals surface area contributed by atoms with Crippen molar-refractivity contribution >= 4 is 57.6 Å². The Bertz CT molecular complexity index is 805. The predicted molar refractivity (Wildman–Crippen MR) is 79.6 cm³/mol. The van der Waals surface area contributed by atoms with Crippen molar-refractivity contribution in [2.45, 2.75) is 0 Å². The Kier molecular flexibility index (Phi) is 3.52. The van der Waals surface area contributed by atoms with E-state index < -0.39 is 5.91 Å². The predicted octanol–water partition coefficient (Wildman–Crippen LogP) is 3.65. The van der Waals surface area contributed by atoms with Gasteiger partial charge in [-0.25, -0.2) is 0 Å². The number of hydrogen-bond donors (Lipinski definition) is 1. The van der Waals surface area contributed by atoms with Crippen molar-refractivity contribution in [3.63, 3.8) is 0 Å². The molecule has 100 valence electrons. The molecule has 0 bridgehead atoms. The van der Waals surface area contributed by atoms with Gasteiger partial charge < -0.3 is 5.32 Å². The zero-order valence-electron chi connectivity index (χ0n) is 9.80. The smallest absolute Gasteiger partial charge is 0.274 e. The molecule has 5 nitrogen and oxygen atoms in total. The van der Waals surface area contributed by atoms with Crippen molar-refractivity contribution in [3.05, 3.63) is 46.2 Å². The third kappa shape index (κ3) is 2.45. The maximum Gasteiger partial charge on any atom is 0.274 e. The number of fused-ring (bicyclic) bond motifs is 1. The summed E-state index contributed by atoms with van der Waals surface area (Å²) in [5.41, 5.74) is 1.85. The molecular formula is C12H6Cl2N4OS. The number of halogens is 2. The van der Waals surface area contributed by atoms with Gasteiger partial charge in [-0.3, -0.25) is 9.78 Å². The number of aromatic nitrogens is 3. The Hall–Kier alpha value is -1.76. The highest BCUT2D eigenvalue weighted by Crippen LogP contribution is 2.30. The lowest BCUT2D eigenvalue weighted by atomic mass is 10.2. The zero-order valence-corrected chi connectivity index (χ0v) is 12.1. The fourth-order valence-electron chi connectivity index (χ4n) is 1.65. The molecule has 1 N–H and O–H groups in total. The van der Waals surface area contributed by atoms with Gasteiger partial charge >= 0.3 is 0 Å². The van der Waals surface area contributed by atoms with E-state index in [-0.39, 0.29) is 5.69 Å². The molecule has 0 aliphatic heterocycles. The molecule has 0 fully saturated rings. The average Bonchev–Trinajstić information content (AvgIpc) is 2.90. The van der Waals surface area contributed by atoms with Crippen LogP contribution in [0.3, 0.4) is 0 Å². The summed E-state index contributed by atoms with van der Waals surface area (Å²) in [6.45, 7) is 0. The molecule has 0 radical (unpaired) electrons. The van der Waals surface area contributed by atoms with Gasteiger partial charge in [0.15, 0.2) is 0 Å². The highest BCUT2D eigenvalue weighted by atomic mass is 35.5. The highest BCUT2D eigenvalue weighted by molar-refractivity contribution is 7.00. The van der Waals surface area contributed by atoms with Gasteiger partial charge in [-0.2, -0.15) is 8.75 Å². The van der Waals surface area contributed by atoms with Crippen LogP contribution in [-0.2, 0) is 0 Å². The second-order valence-electron chi connectivity index (χ2n) is 3.87. The maximum absolute atomic E-state index is 12.1. The SMILES string of the molecule is O=C(Nc1c(Cl)ccc2nsnc12)c1cc(Cl)ccn1. The van der Waals surface area contributed by atoms with E-state index in [1.54, 1.807) is 18.2 Å². The van der Waals surface area contributed by atoms with Crippen LogP contribution in [0.2, 0.25) is 10.0 Å². The Morgan fingerprint density at radius 1 is 1.20 bits per heavy atom. The average molecular weight is 325 g/mol. The Morgan fingerprint density at radius 3 is 2.85 bits per heavy atom. The molecule has 0 aliphatic rings. The summed E-state index contributed by atoms with van der Waals surface area (Å²) in [6.07, 6.45) is 1.46. The number of anilines is 1. The number of carbonyl (C=O) groups is 1. The fourth-order valence-corrected chi connectivity index (χ4v) is 2.55. The van der Waals surface area contributed by atoms with Crippen LogP contribution < -0.4 is 5.32 Å². The Balaban J connectivity index is 1.99. The van der Waals surface area contributed by atoms with E-state index in [4.69, 9.17) is 23.2 Å². The molecule has 1 aromatic carbocycles. The molecular weight excluding hydrogens is 319 g/mol. The molecule has 0 saturated carbocycles. The molecule has 2 heterocycles. The summed E-state index contributed by atoms with van der Waals surface area (Å²) in [5.74, 6) is -0.407. The number of nitrogens with one attached hydrogen (secondary N) is 1. The van der Waals surface area contributed by atoms with Crippen molar-refractivity contribution in [1.29, 1.82) is 0 Å². The van der Waals surface area contributed by atoms with Gasteiger partial charge in [0.1, 0.15) is 16.7 Å². The number of rotatable bonds is 2. The minimum atomic E-state index is -0.407. The number of nitrogens with zero attached hydrogens (tertiary/aromatic N) is 3. The minimum Gasteiger partial charge on any atom is -0.317 e. The van der Waals surface area contributed by atoms with Crippen molar-refractivity contribution in [1.82, 2.24) is 13.7 Å². The summed E-state index contributed by atoms with van der Waals surface area (Å²) >= 11 is 13.0. The number of hydrogen-bond acceptors (Lipinski definition) is 5. The topological polar surface area (TPSA) is 67.8 Å². The molecule has 0 spiro atoms. The van der Waals surface area contributed by atoms with Crippen LogP contribution >= 0.6 is 34.9 Å². The van der Waals surface area contributed by atoms with Crippen LogP contribution in [0.4, 0.5) is 5.69 Å². The summed E-state index contributed by atoms with van der Waals surface area (Å²) in [7, 11) is 0. The van der Waals surface area contributed by atoms with Crippen LogP contribution in [0.5, 0.6) is 0 Å². The van der Waals surface area contributed by atoms with Gasteiger partial charge in [-0.05, 0) is 24.3 Å². The normalized spacial score (nSPS) is 10.7. The number of pyridine rings is 1. The van der Waals surface area contributed by atoms with Crippen LogP contribution in [-0.4, -0.2) is 19.6 Å². The molecule has 8 heteroatoms. The van der Waals surface area contributed by atoms with E-state index in [1.807, 2.05) is 0 Å². The maximum atomic E-state index is 12.1. The first-order chi connectivity index (χ1) is 9.65. The quantitative estimate of drug-likeness (QED) is 0.781. The van der Waals surface area contributed by atoms with Crippen LogP contribution in [0, 0.1) is 0 Å². The largest absolute Gasteiger partial charge is 0.317 e. The molecule has 0 atom stereocenters. The lowest BCUT2D eigenvalue weighted by molar-refractivity contribution is 0.102. The van der Waals surface area contributed by atoms with Crippen LogP contribution in [0.25, 0.3) is 11.0 Å². The molecule has 3 rings (SSSR count). The summed E-state index contributed by atoms with van der Waals surface area (Å²) in [5, 5.41) is 3.52. The summed E-state index contributed by atoms with van der Waals surface area (Å²) in [6, 6.07) is 6.47. The van der Waals surface area contributed by atoms with Gasteiger partial charge in [0.2, 0.25) is 0 Å². The first-order valence-electron chi connectivity index (χ1n) is 5.49. The number of carbonyl (C=O) groups excluding carboxylic acids is 1. The van der Waals surface area contributed by atoms with Crippen molar-refractivity contribution in [3.8, 4) is 0 Å². The first-order valence-corrected chi connectivity index (χ1v) is 6.97. The summed E-state index contributed by atoms with van der Waals surface area (Å²) in [4.78, 5) is 16.1. The van der Waals surface area contributed by atoms with E-state index in [2.05, 4.69) is 19.0 Å². The Labute approximate surface area is 127 Å². The van der Waals surface area contributed by atoms with Crippen molar-refractivity contribution < 1.29 is 4.79 Å². The van der Waals surface area contributed by atoms with E-state index in [9.17, 15) is 4.79 Å². The van der Waals surface area contributed by atoms with Crippen molar-refractivity contribution in [2.24, 2.45) is 0 Å². The van der Waals surface area contributed by atoms with E-state index in [0.29, 0.717) is 26.8 Å². The van der Waals surface area contributed by atoms with E-state index >= 15 is 0 Å². The van der Waals surface area contributed by atoms with Crippen LogP contribution in [0.1, 0.15) is 10.5 Å². The minimum absolute atomic E-state index is 0.203. The van der Waals surface area contributed by atoms with Gasteiger partial charge in [0.25, 0.3) is 5.91 Å². The highest BCUT2D eigenvalue weighted by Gasteiger charge is 2.15. The Morgan fingerprint density at radius 2 is 2.05 bits per heavy atom. The molecule has 1 amide bonds. The summed E-state index contributed by atoms with van der Waals surface area (Å²) < 4.78 is 8.23. The van der Waals surface area contributed by atoms with Gasteiger partial charge in [-0.15, -0.1) is 0 Å². The second kappa shape index (κ2) is 5.32. The van der Waals surface area contributed by atoms with Crippen LogP contribution in [0.15, 0.2) is 30.5 Å². The molecule has 3 aromatic rings. The number of benzene rings is 1. The number of amides is 1. The fraction of sp³-hybridized carbons (Fsp3) is 0. The lowest BCUT2D eigenvalue weighted by Gasteiger charge is -2.07. The van der Waals surface area contributed by atoms with E-state index in [0.717, 1.165) is 11.7 Å². The molecule has 20 heavy (non-hydrogen) atoms. The van der Waals surface area contributed by atoms with Gasteiger partial charge in [0.05, 0.1) is 22.4 Å². The standard InChI is InChI=1S/C12H6Cl2N4OS/c13-6-3-4-15-9(5-6)12(19)16-10-7(14)1-2-8-11(10)18-20-17-8/h1-5H,(H,16,19). The monoisotopic (exact) mass is 324 g/mol. The third-order valence-corrected chi connectivity index (χ3v) is 3.66.